The lowest BCUT2D eigenvalue weighted by Crippen LogP contribution is -2.22. The molecule has 1 atom stereocenters. The highest BCUT2D eigenvalue weighted by atomic mass is 35.5. The van der Waals surface area contributed by atoms with Crippen LogP contribution in [0.15, 0.2) is 24.3 Å². The van der Waals surface area contributed by atoms with Crippen LogP contribution in [-0.4, -0.2) is 12.3 Å². The van der Waals surface area contributed by atoms with Gasteiger partial charge in [0.15, 0.2) is 0 Å². The Morgan fingerprint density at radius 3 is 2.18 bits per heavy atom. The van der Waals surface area contributed by atoms with Crippen molar-refractivity contribution >= 4 is 12.4 Å². The Hall–Kier alpha value is -0.800. The predicted molar refractivity (Wildman–Crippen MR) is 71.6 cm³/mol. The minimum Gasteiger partial charge on any atom is -0.488 e. The second-order valence-corrected chi connectivity index (χ2v) is 4.87. The summed E-state index contributed by atoms with van der Waals surface area (Å²) >= 11 is 0. The lowest BCUT2D eigenvalue weighted by Gasteiger charge is -2.21. The number of hydrogen-bond acceptors (Lipinski definition) is 2. The molecular formula is C13H21ClFNO. The Balaban J connectivity index is 0.00000256. The zero-order valence-corrected chi connectivity index (χ0v) is 11.4. The summed E-state index contributed by atoms with van der Waals surface area (Å²) < 4.78 is 17.8. The van der Waals surface area contributed by atoms with Crippen LogP contribution in [-0.2, 0) is 0 Å². The molecule has 98 valence electrons. The first-order chi connectivity index (χ1) is 7.42. The van der Waals surface area contributed by atoms with E-state index in [1.54, 1.807) is 0 Å². The van der Waals surface area contributed by atoms with Crippen molar-refractivity contribution in [3.63, 3.8) is 0 Å². The van der Waals surface area contributed by atoms with Gasteiger partial charge >= 0.3 is 0 Å². The lowest BCUT2D eigenvalue weighted by molar-refractivity contribution is 0.131. The van der Waals surface area contributed by atoms with Crippen LogP contribution in [0.25, 0.3) is 0 Å². The standard InChI is InChI=1S/C13H20FNO.ClH/c1-13(2,3)16-11-6-4-10(5-7-11)12(15)8-9-14;/h4-7,12H,8-9,15H2,1-3H3;1H/t12-;/m1./s1. The number of ether oxygens (including phenoxy) is 1. The molecule has 0 unspecified atom stereocenters. The zero-order valence-electron chi connectivity index (χ0n) is 10.6. The highest BCUT2D eigenvalue weighted by Crippen LogP contribution is 2.21. The zero-order chi connectivity index (χ0) is 12.2. The van der Waals surface area contributed by atoms with Crippen molar-refractivity contribution in [3.05, 3.63) is 29.8 Å². The Kier molecular flexibility index (Phi) is 6.50. The molecule has 0 saturated carbocycles. The molecule has 2 N–H and O–H groups in total. The first-order valence-electron chi connectivity index (χ1n) is 5.53. The van der Waals surface area contributed by atoms with Crippen LogP contribution in [0.1, 0.15) is 38.8 Å². The van der Waals surface area contributed by atoms with Gasteiger partial charge in [0.25, 0.3) is 0 Å². The Morgan fingerprint density at radius 1 is 1.24 bits per heavy atom. The summed E-state index contributed by atoms with van der Waals surface area (Å²) in [5.74, 6) is 0.809. The van der Waals surface area contributed by atoms with Gasteiger partial charge < -0.3 is 10.5 Å². The Bertz CT molecular complexity index is 321. The normalized spacial score (nSPS) is 12.8. The van der Waals surface area contributed by atoms with Crippen LogP contribution in [0.4, 0.5) is 4.39 Å². The fraction of sp³-hybridized carbons (Fsp3) is 0.538. The van der Waals surface area contributed by atoms with E-state index < -0.39 is 0 Å². The molecular weight excluding hydrogens is 241 g/mol. The topological polar surface area (TPSA) is 35.2 Å². The maximum absolute atomic E-state index is 12.1. The summed E-state index contributed by atoms with van der Waals surface area (Å²) in [7, 11) is 0. The van der Waals surface area contributed by atoms with E-state index >= 15 is 0 Å². The van der Waals surface area contributed by atoms with Gasteiger partial charge in [0.1, 0.15) is 11.4 Å². The van der Waals surface area contributed by atoms with Gasteiger partial charge in [-0.1, -0.05) is 12.1 Å². The Morgan fingerprint density at radius 2 is 1.76 bits per heavy atom. The molecule has 0 saturated heterocycles. The van der Waals surface area contributed by atoms with E-state index in [2.05, 4.69) is 0 Å². The average molecular weight is 262 g/mol. The molecule has 2 nitrogen and oxygen atoms in total. The average Bonchev–Trinajstić information content (AvgIpc) is 2.16. The van der Waals surface area contributed by atoms with Crippen molar-refractivity contribution in [2.45, 2.75) is 38.8 Å². The first-order valence-corrected chi connectivity index (χ1v) is 5.53. The van der Waals surface area contributed by atoms with Gasteiger partial charge in [-0.15, -0.1) is 12.4 Å². The largest absolute Gasteiger partial charge is 0.488 e. The maximum Gasteiger partial charge on any atom is 0.120 e. The summed E-state index contributed by atoms with van der Waals surface area (Å²) in [6.45, 7) is 5.60. The number of alkyl halides is 1. The van der Waals surface area contributed by atoms with Crippen molar-refractivity contribution in [2.75, 3.05) is 6.67 Å². The molecule has 0 spiro atoms. The molecule has 0 aromatic heterocycles. The molecule has 0 radical (unpaired) electrons. The van der Waals surface area contributed by atoms with Crippen LogP contribution in [0.5, 0.6) is 5.75 Å². The van der Waals surface area contributed by atoms with Gasteiger partial charge in [0, 0.05) is 6.04 Å². The maximum atomic E-state index is 12.1. The van der Waals surface area contributed by atoms with E-state index in [9.17, 15) is 4.39 Å². The number of rotatable bonds is 4. The van der Waals surface area contributed by atoms with E-state index in [4.69, 9.17) is 10.5 Å². The second-order valence-electron chi connectivity index (χ2n) is 4.87. The van der Waals surface area contributed by atoms with Gasteiger partial charge in [0.2, 0.25) is 0 Å². The smallest absolute Gasteiger partial charge is 0.120 e. The predicted octanol–water partition coefficient (Wildman–Crippen LogP) is 3.65. The third-order valence-corrected chi connectivity index (χ3v) is 2.15. The van der Waals surface area contributed by atoms with E-state index in [1.165, 1.54) is 0 Å². The highest BCUT2D eigenvalue weighted by Gasteiger charge is 2.12. The van der Waals surface area contributed by atoms with Crippen molar-refractivity contribution in [1.29, 1.82) is 0 Å². The molecule has 17 heavy (non-hydrogen) atoms. The second kappa shape index (κ2) is 6.82. The van der Waals surface area contributed by atoms with Crippen LogP contribution in [0, 0.1) is 0 Å². The van der Waals surface area contributed by atoms with Crippen LogP contribution in [0.3, 0.4) is 0 Å². The summed E-state index contributed by atoms with van der Waals surface area (Å²) in [6, 6.07) is 7.30. The molecule has 0 heterocycles. The molecule has 1 aromatic carbocycles. The van der Waals surface area contributed by atoms with Crippen molar-refractivity contribution in [3.8, 4) is 5.75 Å². The van der Waals surface area contributed by atoms with Crippen molar-refractivity contribution in [2.24, 2.45) is 5.73 Å². The summed E-state index contributed by atoms with van der Waals surface area (Å²) in [4.78, 5) is 0. The molecule has 1 rings (SSSR count). The molecule has 0 aliphatic heterocycles. The van der Waals surface area contributed by atoms with Gasteiger partial charge in [-0.3, -0.25) is 4.39 Å². The Labute approximate surface area is 109 Å². The molecule has 0 aliphatic carbocycles. The summed E-state index contributed by atoms with van der Waals surface area (Å²) in [5, 5.41) is 0. The van der Waals surface area contributed by atoms with Gasteiger partial charge in [-0.2, -0.15) is 0 Å². The fourth-order valence-corrected chi connectivity index (χ4v) is 1.42. The van der Waals surface area contributed by atoms with Crippen LogP contribution >= 0.6 is 12.4 Å². The number of benzene rings is 1. The summed E-state index contributed by atoms with van der Waals surface area (Å²) in [5.41, 5.74) is 6.54. The van der Waals surface area contributed by atoms with E-state index in [-0.39, 0.29) is 30.7 Å². The first kappa shape index (κ1) is 16.2. The van der Waals surface area contributed by atoms with E-state index in [1.807, 2.05) is 45.0 Å². The molecule has 0 fully saturated rings. The molecule has 0 aliphatic rings. The third kappa shape index (κ3) is 5.89. The minimum absolute atomic E-state index is 0. The number of hydrogen-bond donors (Lipinski definition) is 1. The molecule has 4 heteroatoms. The SMILES string of the molecule is CC(C)(C)Oc1ccc([C@H](N)CCF)cc1.Cl. The van der Waals surface area contributed by atoms with Gasteiger partial charge in [-0.05, 0) is 44.9 Å². The number of nitrogens with two attached hydrogens (primary N) is 1. The molecule has 0 amide bonds. The molecule has 1 aromatic rings. The van der Waals surface area contributed by atoms with Crippen LogP contribution in [0.2, 0.25) is 0 Å². The molecule has 0 bridgehead atoms. The van der Waals surface area contributed by atoms with Crippen molar-refractivity contribution < 1.29 is 9.13 Å². The monoisotopic (exact) mass is 261 g/mol. The fourth-order valence-electron chi connectivity index (χ4n) is 1.42. The third-order valence-electron chi connectivity index (χ3n) is 2.15. The van der Waals surface area contributed by atoms with Gasteiger partial charge in [-0.25, -0.2) is 0 Å². The minimum atomic E-state index is -0.387. The lowest BCUT2D eigenvalue weighted by atomic mass is 10.1. The van der Waals surface area contributed by atoms with E-state index in [0.717, 1.165) is 11.3 Å². The quantitative estimate of drug-likeness (QED) is 0.898. The van der Waals surface area contributed by atoms with Gasteiger partial charge in [0.05, 0.1) is 6.67 Å². The number of halogens is 2. The highest BCUT2D eigenvalue weighted by molar-refractivity contribution is 5.85. The van der Waals surface area contributed by atoms with E-state index in [0.29, 0.717) is 6.42 Å². The summed E-state index contributed by atoms with van der Waals surface area (Å²) in [6.07, 6.45) is 0.361. The van der Waals surface area contributed by atoms with Crippen LogP contribution < -0.4 is 10.5 Å². The van der Waals surface area contributed by atoms with Crippen molar-refractivity contribution in [1.82, 2.24) is 0 Å².